The number of rotatable bonds is 1. The molecule has 21 heavy (non-hydrogen) atoms. The van der Waals surface area contributed by atoms with Crippen LogP contribution in [0, 0.1) is 6.92 Å². The molecule has 1 aliphatic heterocycles. The molecule has 2 aromatic rings. The molecule has 0 saturated heterocycles. The van der Waals surface area contributed by atoms with Crippen molar-refractivity contribution in [3.8, 4) is 0 Å². The summed E-state index contributed by atoms with van der Waals surface area (Å²) in [6.07, 6.45) is 0.887. The number of aryl methyl sites for hydroxylation is 1. The zero-order chi connectivity index (χ0) is 14.8. The first-order valence-electron chi connectivity index (χ1n) is 7.02. The molecule has 2 amide bonds. The van der Waals surface area contributed by atoms with E-state index in [9.17, 15) is 4.79 Å². The maximum Gasteiger partial charge on any atom is 0.322 e. The fraction of sp³-hybridized carbons (Fsp3) is 0.235. The number of amides is 2. The van der Waals surface area contributed by atoms with E-state index >= 15 is 0 Å². The van der Waals surface area contributed by atoms with E-state index in [1.807, 2.05) is 42.2 Å². The largest absolute Gasteiger partial charge is 0.322 e. The van der Waals surface area contributed by atoms with E-state index in [0.717, 1.165) is 23.1 Å². The molecule has 3 nitrogen and oxygen atoms in total. The average Bonchev–Trinajstić information content (AvgIpc) is 2.49. The highest BCUT2D eigenvalue weighted by molar-refractivity contribution is 9.10. The lowest BCUT2D eigenvalue weighted by molar-refractivity contribution is 0.206. The highest BCUT2D eigenvalue weighted by Crippen LogP contribution is 2.26. The van der Waals surface area contributed by atoms with Crippen LogP contribution in [-0.2, 0) is 13.0 Å². The van der Waals surface area contributed by atoms with Gasteiger partial charge in [-0.25, -0.2) is 4.79 Å². The third-order valence-electron chi connectivity index (χ3n) is 3.80. The summed E-state index contributed by atoms with van der Waals surface area (Å²) in [7, 11) is 0. The number of nitrogens with one attached hydrogen (secondary N) is 1. The Morgan fingerprint density at radius 2 is 1.95 bits per heavy atom. The van der Waals surface area contributed by atoms with Crippen LogP contribution in [0.5, 0.6) is 0 Å². The third kappa shape index (κ3) is 3.10. The number of fused-ring (bicyclic) bond motifs is 1. The van der Waals surface area contributed by atoms with E-state index < -0.39 is 0 Å². The number of carbonyl (C=O) groups excluding carboxylic acids is 1. The average molecular weight is 345 g/mol. The molecule has 0 fully saturated rings. The zero-order valence-electron chi connectivity index (χ0n) is 11.9. The maximum atomic E-state index is 12.4. The van der Waals surface area contributed by atoms with Gasteiger partial charge in [0.05, 0.1) is 0 Å². The van der Waals surface area contributed by atoms with Crippen molar-refractivity contribution >= 4 is 27.6 Å². The minimum Gasteiger partial charge on any atom is -0.320 e. The second kappa shape index (κ2) is 5.90. The van der Waals surface area contributed by atoms with E-state index in [0.29, 0.717) is 6.54 Å². The highest BCUT2D eigenvalue weighted by Gasteiger charge is 2.21. The quantitative estimate of drug-likeness (QED) is 0.819. The van der Waals surface area contributed by atoms with E-state index in [1.54, 1.807) is 0 Å². The highest BCUT2D eigenvalue weighted by atomic mass is 79.9. The van der Waals surface area contributed by atoms with Crippen molar-refractivity contribution in [2.75, 3.05) is 11.9 Å². The predicted octanol–water partition coefficient (Wildman–Crippen LogP) is 4.35. The Morgan fingerprint density at radius 1 is 1.19 bits per heavy atom. The first-order valence-corrected chi connectivity index (χ1v) is 7.81. The van der Waals surface area contributed by atoms with Crippen LogP contribution in [0.2, 0.25) is 0 Å². The van der Waals surface area contributed by atoms with Crippen LogP contribution >= 0.6 is 15.9 Å². The molecule has 1 heterocycles. The van der Waals surface area contributed by atoms with Gasteiger partial charge < -0.3 is 10.2 Å². The second-order valence-corrected chi connectivity index (χ2v) is 6.20. The van der Waals surface area contributed by atoms with Gasteiger partial charge in [-0.1, -0.05) is 45.8 Å². The number of anilines is 1. The Morgan fingerprint density at radius 3 is 2.71 bits per heavy atom. The smallest absolute Gasteiger partial charge is 0.320 e. The van der Waals surface area contributed by atoms with Gasteiger partial charge in [-0.3, -0.25) is 0 Å². The Bertz CT molecular complexity index is 667. The summed E-state index contributed by atoms with van der Waals surface area (Å²) in [4.78, 5) is 14.2. The fourth-order valence-electron chi connectivity index (χ4n) is 2.58. The maximum absolute atomic E-state index is 12.4. The van der Waals surface area contributed by atoms with Gasteiger partial charge in [0, 0.05) is 23.2 Å². The van der Waals surface area contributed by atoms with Crippen LogP contribution in [-0.4, -0.2) is 17.5 Å². The number of hydrogen-bond donors (Lipinski definition) is 1. The number of carbonyl (C=O) groups is 1. The number of urea groups is 1. The molecular weight excluding hydrogens is 328 g/mol. The molecule has 1 aliphatic rings. The lowest BCUT2D eigenvalue weighted by atomic mass is 10.0. The van der Waals surface area contributed by atoms with Crippen molar-refractivity contribution in [3.63, 3.8) is 0 Å². The third-order valence-corrected chi connectivity index (χ3v) is 4.54. The van der Waals surface area contributed by atoms with Gasteiger partial charge in [-0.05, 0) is 42.7 Å². The first kappa shape index (κ1) is 14.1. The van der Waals surface area contributed by atoms with Crippen molar-refractivity contribution in [2.24, 2.45) is 0 Å². The summed E-state index contributed by atoms with van der Waals surface area (Å²) < 4.78 is 1.14. The summed E-state index contributed by atoms with van der Waals surface area (Å²) >= 11 is 3.58. The predicted molar refractivity (Wildman–Crippen MR) is 88.5 cm³/mol. The monoisotopic (exact) mass is 344 g/mol. The molecule has 108 valence electrons. The SMILES string of the molecule is Cc1ccc(NC(=O)N2CCc3c(Br)cccc3C2)cc1. The van der Waals surface area contributed by atoms with Gasteiger partial charge in [-0.15, -0.1) is 0 Å². The van der Waals surface area contributed by atoms with E-state index in [-0.39, 0.29) is 6.03 Å². The topological polar surface area (TPSA) is 32.3 Å². The molecule has 0 saturated carbocycles. The van der Waals surface area contributed by atoms with Gasteiger partial charge in [0.2, 0.25) is 0 Å². The lowest BCUT2D eigenvalue weighted by Crippen LogP contribution is -2.38. The molecule has 0 radical (unpaired) electrons. The molecule has 0 bridgehead atoms. The second-order valence-electron chi connectivity index (χ2n) is 5.35. The zero-order valence-corrected chi connectivity index (χ0v) is 13.5. The number of benzene rings is 2. The van der Waals surface area contributed by atoms with Gasteiger partial charge in [0.15, 0.2) is 0 Å². The van der Waals surface area contributed by atoms with E-state index in [2.05, 4.69) is 33.4 Å². The molecule has 0 spiro atoms. The molecule has 0 aromatic heterocycles. The standard InChI is InChI=1S/C17H17BrN2O/c1-12-5-7-14(8-6-12)19-17(21)20-10-9-15-13(11-20)3-2-4-16(15)18/h2-8H,9-11H2,1H3,(H,19,21). The van der Waals surface area contributed by atoms with Crippen LogP contribution in [0.25, 0.3) is 0 Å². The van der Waals surface area contributed by atoms with Gasteiger partial charge in [0.1, 0.15) is 0 Å². The minimum atomic E-state index is -0.0375. The Balaban J connectivity index is 1.71. The van der Waals surface area contributed by atoms with Crippen LogP contribution in [0.3, 0.4) is 0 Å². The van der Waals surface area contributed by atoms with Crippen molar-refractivity contribution in [1.29, 1.82) is 0 Å². The van der Waals surface area contributed by atoms with Gasteiger partial charge in [-0.2, -0.15) is 0 Å². The summed E-state index contributed by atoms with van der Waals surface area (Å²) in [5.74, 6) is 0. The van der Waals surface area contributed by atoms with Crippen LogP contribution in [0.1, 0.15) is 16.7 Å². The molecule has 1 N–H and O–H groups in total. The van der Waals surface area contributed by atoms with E-state index in [4.69, 9.17) is 0 Å². The Labute approximate surface area is 133 Å². The first-order chi connectivity index (χ1) is 10.1. The summed E-state index contributed by atoms with van der Waals surface area (Å²) in [5.41, 5.74) is 4.56. The van der Waals surface area contributed by atoms with E-state index in [1.165, 1.54) is 16.7 Å². The molecule has 2 aromatic carbocycles. The molecular formula is C17H17BrN2O. The normalized spacial score (nSPS) is 13.7. The molecule has 4 heteroatoms. The van der Waals surface area contributed by atoms with Crippen molar-refractivity contribution in [1.82, 2.24) is 4.90 Å². The summed E-state index contributed by atoms with van der Waals surface area (Å²) in [6.45, 7) is 3.44. The van der Waals surface area contributed by atoms with Crippen LogP contribution in [0.15, 0.2) is 46.9 Å². The minimum absolute atomic E-state index is 0.0375. The molecule has 0 unspecified atom stereocenters. The molecule has 3 rings (SSSR count). The van der Waals surface area contributed by atoms with Crippen molar-refractivity contribution in [3.05, 3.63) is 63.6 Å². The number of hydrogen-bond acceptors (Lipinski definition) is 1. The Kier molecular flexibility index (Phi) is 3.97. The van der Waals surface area contributed by atoms with Crippen LogP contribution in [0.4, 0.5) is 10.5 Å². The van der Waals surface area contributed by atoms with Crippen molar-refractivity contribution < 1.29 is 4.79 Å². The lowest BCUT2D eigenvalue weighted by Gasteiger charge is -2.29. The van der Waals surface area contributed by atoms with Crippen LogP contribution < -0.4 is 5.32 Å². The summed E-state index contributed by atoms with van der Waals surface area (Å²) in [6, 6.07) is 14.0. The Hall–Kier alpha value is -1.81. The van der Waals surface area contributed by atoms with Gasteiger partial charge in [0.25, 0.3) is 0 Å². The number of halogens is 1. The fourth-order valence-corrected chi connectivity index (χ4v) is 3.18. The van der Waals surface area contributed by atoms with Gasteiger partial charge >= 0.3 is 6.03 Å². The summed E-state index contributed by atoms with van der Waals surface area (Å²) in [5, 5.41) is 2.96. The van der Waals surface area contributed by atoms with Crippen molar-refractivity contribution in [2.45, 2.75) is 19.9 Å². The molecule has 0 atom stereocenters. The number of nitrogens with zero attached hydrogens (tertiary/aromatic N) is 1. The molecule has 0 aliphatic carbocycles.